The van der Waals surface area contributed by atoms with Crippen molar-refractivity contribution in [3.8, 4) is 5.75 Å². The van der Waals surface area contributed by atoms with E-state index in [9.17, 15) is 14.4 Å². The molecule has 0 aliphatic carbocycles. The highest BCUT2D eigenvalue weighted by molar-refractivity contribution is 7.99. The zero-order valence-electron chi connectivity index (χ0n) is 20.0. The molecule has 1 atom stereocenters. The van der Waals surface area contributed by atoms with E-state index < -0.39 is 23.4 Å². The van der Waals surface area contributed by atoms with Crippen molar-refractivity contribution in [3.63, 3.8) is 0 Å². The van der Waals surface area contributed by atoms with Crippen molar-refractivity contribution in [1.29, 1.82) is 0 Å². The lowest BCUT2D eigenvalue weighted by Gasteiger charge is -2.22. The molecular formula is C27H27N3O4S. The summed E-state index contributed by atoms with van der Waals surface area (Å²) >= 11 is 1.64. The fourth-order valence-electron chi connectivity index (χ4n) is 3.82. The number of hydrogen-bond acceptors (Lipinski definition) is 5. The third kappa shape index (κ3) is 5.17. The minimum Gasteiger partial charge on any atom is -0.497 e. The molecular weight excluding hydrogens is 462 g/mol. The zero-order valence-corrected chi connectivity index (χ0v) is 20.9. The first kappa shape index (κ1) is 24.3. The standard InChI is InChI=1S/C27H27N3O4S/c1-17-5-12-23(15-18(17)2)35-22-13-8-20(9-14-22)28-24(31)16-30-25(32)27(3,29-26(30)33)19-6-10-21(34-4)11-7-19/h5-15H,16H2,1-4H3,(H,28,31)(H,29,33). The summed E-state index contributed by atoms with van der Waals surface area (Å²) in [5.41, 5.74) is 2.43. The Kier molecular flexibility index (Phi) is 6.84. The number of imide groups is 1. The largest absolute Gasteiger partial charge is 0.497 e. The predicted molar refractivity (Wildman–Crippen MR) is 136 cm³/mol. The normalized spacial score (nSPS) is 17.3. The monoisotopic (exact) mass is 489 g/mol. The first-order chi connectivity index (χ1) is 16.7. The Morgan fingerprint density at radius 3 is 2.26 bits per heavy atom. The van der Waals surface area contributed by atoms with Gasteiger partial charge in [-0.05, 0) is 86.0 Å². The van der Waals surface area contributed by atoms with Crippen LogP contribution in [0.1, 0.15) is 23.6 Å². The van der Waals surface area contributed by atoms with Crippen molar-refractivity contribution in [2.75, 3.05) is 19.0 Å². The lowest BCUT2D eigenvalue weighted by molar-refractivity contribution is -0.133. The SMILES string of the molecule is COc1ccc(C2(C)NC(=O)N(CC(=O)Nc3ccc(Sc4ccc(C)c(C)c4)cc3)C2=O)cc1. The fourth-order valence-corrected chi connectivity index (χ4v) is 4.74. The Morgan fingerprint density at radius 2 is 1.63 bits per heavy atom. The number of amides is 4. The Bertz CT molecular complexity index is 1270. The molecule has 2 N–H and O–H groups in total. The first-order valence-electron chi connectivity index (χ1n) is 11.1. The van der Waals surface area contributed by atoms with Gasteiger partial charge < -0.3 is 15.4 Å². The molecule has 1 aliphatic rings. The summed E-state index contributed by atoms with van der Waals surface area (Å²) in [5.74, 6) is -0.297. The third-order valence-electron chi connectivity index (χ3n) is 6.10. The average Bonchev–Trinajstić information content (AvgIpc) is 3.06. The van der Waals surface area contributed by atoms with Gasteiger partial charge in [-0.3, -0.25) is 14.5 Å². The van der Waals surface area contributed by atoms with Gasteiger partial charge in [0.1, 0.15) is 17.8 Å². The van der Waals surface area contributed by atoms with Crippen LogP contribution in [0.4, 0.5) is 10.5 Å². The van der Waals surface area contributed by atoms with Crippen LogP contribution in [0.2, 0.25) is 0 Å². The zero-order chi connectivity index (χ0) is 25.2. The van der Waals surface area contributed by atoms with Crippen LogP contribution >= 0.6 is 11.8 Å². The number of benzene rings is 3. The maximum Gasteiger partial charge on any atom is 0.325 e. The number of nitrogens with zero attached hydrogens (tertiary/aromatic N) is 1. The quantitative estimate of drug-likeness (QED) is 0.463. The van der Waals surface area contributed by atoms with E-state index in [1.54, 1.807) is 62.2 Å². The number of rotatable bonds is 7. The molecule has 4 amide bonds. The summed E-state index contributed by atoms with van der Waals surface area (Å²) < 4.78 is 5.15. The van der Waals surface area contributed by atoms with E-state index in [2.05, 4.69) is 42.7 Å². The Labute approximate surface area is 208 Å². The molecule has 180 valence electrons. The Hall–Kier alpha value is -3.78. The molecule has 1 aliphatic heterocycles. The molecule has 0 radical (unpaired) electrons. The van der Waals surface area contributed by atoms with Crippen LogP contribution < -0.4 is 15.4 Å². The minimum atomic E-state index is -1.25. The van der Waals surface area contributed by atoms with Crippen LogP contribution in [0.3, 0.4) is 0 Å². The van der Waals surface area contributed by atoms with Crippen LogP contribution in [0.25, 0.3) is 0 Å². The number of nitrogens with one attached hydrogen (secondary N) is 2. The highest BCUT2D eigenvalue weighted by Gasteiger charge is 2.49. The van der Waals surface area contributed by atoms with Crippen LogP contribution in [0.5, 0.6) is 5.75 Å². The number of hydrogen-bond donors (Lipinski definition) is 2. The second-order valence-corrected chi connectivity index (χ2v) is 9.74. The molecule has 3 aromatic rings. The number of anilines is 1. The van der Waals surface area contributed by atoms with E-state index in [1.165, 1.54) is 11.1 Å². The second-order valence-electron chi connectivity index (χ2n) is 8.60. The number of aryl methyl sites for hydroxylation is 2. The molecule has 1 heterocycles. The lowest BCUT2D eigenvalue weighted by atomic mass is 9.92. The molecule has 0 spiro atoms. The van der Waals surface area contributed by atoms with Gasteiger partial charge in [0.2, 0.25) is 5.91 Å². The Morgan fingerprint density at radius 1 is 0.971 bits per heavy atom. The summed E-state index contributed by atoms with van der Waals surface area (Å²) in [5, 5.41) is 5.47. The van der Waals surface area contributed by atoms with Gasteiger partial charge in [0.25, 0.3) is 5.91 Å². The van der Waals surface area contributed by atoms with Gasteiger partial charge in [-0.1, -0.05) is 30.0 Å². The van der Waals surface area contributed by atoms with Crippen molar-refractivity contribution < 1.29 is 19.1 Å². The van der Waals surface area contributed by atoms with Gasteiger partial charge >= 0.3 is 6.03 Å². The fraction of sp³-hybridized carbons (Fsp3) is 0.222. The number of urea groups is 1. The van der Waals surface area contributed by atoms with E-state index in [1.807, 2.05) is 12.1 Å². The van der Waals surface area contributed by atoms with Crippen LogP contribution in [0, 0.1) is 13.8 Å². The van der Waals surface area contributed by atoms with Crippen molar-refractivity contribution in [2.24, 2.45) is 0 Å². The maximum absolute atomic E-state index is 13.1. The molecule has 0 aromatic heterocycles. The summed E-state index contributed by atoms with van der Waals surface area (Å²) in [6, 6.07) is 20.0. The average molecular weight is 490 g/mol. The van der Waals surface area contributed by atoms with Gasteiger partial charge in [-0.2, -0.15) is 0 Å². The molecule has 7 nitrogen and oxygen atoms in total. The maximum atomic E-state index is 13.1. The van der Waals surface area contributed by atoms with Gasteiger partial charge in [0.05, 0.1) is 7.11 Å². The third-order valence-corrected chi connectivity index (χ3v) is 7.09. The van der Waals surface area contributed by atoms with Gasteiger partial charge in [0, 0.05) is 15.5 Å². The van der Waals surface area contributed by atoms with E-state index in [0.29, 0.717) is 17.0 Å². The summed E-state index contributed by atoms with van der Waals surface area (Å²) in [7, 11) is 1.55. The highest BCUT2D eigenvalue weighted by Crippen LogP contribution is 2.31. The molecule has 3 aromatic carbocycles. The Balaban J connectivity index is 1.38. The van der Waals surface area contributed by atoms with E-state index >= 15 is 0 Å². The summed E-state index contributed by atoms with van der Waals surface area (Å²) in [6.07, 6.45) is 0. The number of carbonyl (C=O) groups excluding carboxylic acids is 3. The topological polar surface area (TPSA) is 87.7 Å². The van der Waals surface area contributed by atoms with Crippen molar-refractivity contribution in [1.82, 2.24) is 10.2 Å². The number of ether oxygens (including phenoxy) is 1. The van der Waals surface area contributed by atoms with Crippen molar-refractivity contribution in [3.05, 3.63) is 83.4 Å². The van der Waals surface area contributed by atoms with Gasteiger partial charge in [-0.25, -0.2) is 4.79 Å². The van der Waals surface area contributed by atoms with Crippen molar-refractivity contribution >= 4 is 35.3 Å². The van der Waals surface area contributed by atoms with Crippen LogP contribution in [-0.2, 0) is 15.1 Å². The van der Waals surface area contributed by atoms with Crippen LogP contribution in [-0.4, -0.2) is 36.4 Å². The molecule has 1 fully saturated rings. The highest BCUT2D eigenvalue weighted by atomic mass is 32.2. The summed E-state index contributed by atoms with van der Waals surface area (Å²) in [6.45, 7) is 5.41. The van der Waals surface area contributed by atoms with Crippen LogP contribution in [0.15, 0.2) is 76.5 Å². The molecule has 1 saturated heterocycles. The first-order valence-corrected chi connectivity index (χ1v) is 11.9. The predicted octanol–water partition coefficient (Wildman–Crippen LogP) is 4.87. The minimum absolute atomic E-state index is 0.379. The van der Waals surface area contributed by atoms with E-state index in [0.717, 1.165) is 14.7 Å². The molecule has 1 unspecified atom stereocenters. The molecule has 0 bridgehead atoms. The molecule has 0 saturated carbocycles. The van der Waals surface area contributed by atoms with E-state index in [4.69, 9.17) is 4.74 Å². The smallest absolute Gasteiger partial charge is 0.325 e. The van der Waals surface area contributed by atoms with Gasteiger partial charge in [0.15, 0.2) is 0 Å². The molecule has 8 heteroatoms. The summed E-state index contributed by atoms with van der Waals surface area (Å²) in [4.78, 5) is 41.3. The van der Waals surface area contributed by atoms with E-state index in [-0.39, 0.29) is 6.54 Å². The number of methoxy groups -OCH3 is 1. The second kappa shape index (κ2) is 9.84. The van der Waals surface area contributed by atoms with Gasteiger partial charge in [-0.15, -0.1) is 0 Å². The number of carbonyl (C=O) groups is 3. The van der Waals surface area contributed by atoms with Crippen molar-refractivity contribution in [2.45, 2.75) is 36.1 Å². The molecule has 4 rings (SSSR count). The molecule has 35 heavy (non-hydrogen) atoms. The lowest BCUT2D eigenvalue weighted by Crippen LogP contribution is -2.42.